The molecule has 2 aromatic carbocycles. The zero-order valence-electron chi connectivity index (χ0n) is 14.1. The van der Waals surface area contributed by atoms with Gasteiger partial charge in [-0.2, -0.15) is 0 Å². The standard InChI is InChI=1S/C18H16N2O6/c1-11-6-5-8-14(17(11)20(24)25)18(23)26-10-16(22)19-15-9-4-3-7-13(15)12(2)21/h3-9H,10H2,1-2H3,(H,19,22). The van der Waals surface area contributed by atoms with Crippen molar-refractivity contribution in [2.75, 3.05) is 11.9 Å². The molecule has 0 aliphatic carbocycles. The van der Waals surface area contributed by atoms with Crippen molar-refractivity contribution in [2.45, 2.75) is 13.8 Å². The van der Waals surface area contributed by atoms with E-state index in [1.807, 2.05) is 0 Å². The third-order valence-corrected chi connectivity index (χ3v) is 3.56. The average molecular weight is 356 g/mol. The van der Waals surface area contributed by atoms with Gasteiger partial charge in [-0.05, 0) is 32.0 Å². The first-order chi connectivity index (χ1) is 12.3. The minimum atomic E-state index is -0.976. The molecule has 0 saturated heterocycles. The molecule has 0 radical (unpaired) electrons. The summed E-state index contributed by atoms with van der Waals surface area (Å²) >= 11 is 0. The second-order valence-electron chi connectivity index (χ2n) is 5.45. The Morgan fingerprint density at radius 3 is 2.38 bits per heavy atom. The number of amides is 1. The third-order valence-electron chi connectivity index (χ3n) is 3.56. The molecule has 8 heteroatoms. The van der Waals surface area contributed by atoms with Crippen molar-refractivity contribution in [1.82, 2.24) is 0 Å². The van der Waals surface area contributed by atoms with Crippen LogP contribution in [-0.2, 0) is 9.53 Å². The van der Waals surface area contributed by atoms with Crippen LogP contribution in [0.4, 0.5) is 11.4 Å². The van der Waals surface area contributed by atoms with Gasteiger partial charge in [-0.25, -0.2) is 4.79 Å². The van der Waals surface area contributed by atoms with E-state index in [-0.39, 0.29) is 17.0 Å². The number of anilines is 1. The SMILES string of the molecule is CC(=O)c1ccccc1NC(=O)COC(=O)c1cccc(C)c1[N+](=O)[O-]. The van der Waals surface area contributed by atoms with Crippen LogP contribution >= 0.6 is 0 Å². The smallest absolute Gasteiger partial charge is 0.345 e. The predicted molar refractivity (Wildman–Crippen MR) is 93.2 cm³/mol. The largest absolute Gasteiger partial charge is 0.452 e. The van der Waals surface area contributed by atoms with Gasteiger partial charge in [0.15, 0.2) is 12.4 Å². The van der Waals surface area contributed by atoms with Crippen LogP contribution in [0.15, 0.2) is 42.5 Å². The number of ketones is 1. The van der Waals surface area contributed by atoms with Crippen LogP contribution in [0.1, 0.15) is 33.2 Å². The fourth-order valence-electron chi connectivity index (χ4n) is 2.36. The van der Waals surface area contributed by atoms with Crippen molar-refractivity contribution >= 4 is 29.0 Å². The van der Waals surface area contributed by atoms with E-state index in [4.69, 9.17) is 4.74 Å². The Hall–Kier alpha value is -3.55. The molecule has 0 bridgehead atoms. The van der Waals surface area contributed by atoms with E-state index in [1.54, 1.807) is 24.3 Å². The summed E-state index contributed by atoms with van der Waals surface area (Å²) in [5.41, 5.74) is 0.333. The molecule has 0 aliphatic rings. The summed E-state index contributed by atoms with van der Waals surface area (Å²) in [5, 5.41) is 13.6. The van der Waals surface area contributed by atoms with E-state index in [2.05, 4.69) is 5.32 Å². The highest BCUT2D eigenvalue weighted by molar-refractivity contribution is 6.04. The highest BCUT2D eigenvalue weighted by atomic mass is 16.6. The number of ether oxygens (including phenoxy) is 1. The first-order valence-electron chi connectivity index (χ1n) is 7.62. The van der Waals surface area contributed by atoms with Crippen molar-refractivity contribution in [1.29, 1.82) is 0 Å². The Morgan fingerprint density at radius 1 is 1.08 bits per heavy atom. The van der Waals surface area contributed by atoms with Gasteiger partial charge in [0.25, 0.3) is 11.6 Å². The molecule has 0 aromatic heterocycles. The van der Waals surface area contributed by atoms with Gasteiger partial charge in [-0.1, -0.05) is 24.3 Å². The maximum absolute atomic E-state index is 12.1. The number of aryl methyl sites for hydroxylation is 1. The fourth-order valence-corrected chi connectivity index (χ4v) is 2.36. The second-order valence-corrected chi connectivity index (χ2v) is 5.45. The topological polar surface area (TPSA) is 116 Å². The van der Waals surface area contributed by atoms with Crippen molar-refractivity contribution in [2.24, 2.45) is 0 Å². The number of carbonyl (C=O) groups is 3. The minimum absolute atomic E-state index is 0.228. The van der Waals surface area contributed by atoms with Gasteiger partial charge in [-0.15, -0.1) is 0 Å². The quantitative estimate of drug-likeness (QED) is 0.368. The van der Waals surface area contributed by atoms with Gasteiger partial charge in [0, 0.05) is 11.1 Å². The van der Waals surface area contributed by atoms with Crippen molar-refractivity contribution in [3.05, 3.63) is 69.3 Å². The lowest BCUT2D eigenvalue weighted by Crippen LogP contribution is -2.22. The number of carbonyl (C=O) groups excluding carboxylic acids is 3. The minimum Gasteiger partial charge on any atom is -0.452 e. The summed E-state index contributed by atoms with van der Waals surface area (Å²) in [4.78, 5) is 46.0. The molecule has 2 aromatic rings. The molecule has 0 spiro atoms. The molecule has 0 aliphatic heterocycles. The lowest BCUT2D eigenvalue weighted by atomic mass is 10.1. The number of benzene rings is 2. The Balaban J connectivity index is 2.07. The summed E-state index contributed by atoms with van der Waals surface area (Å²) in [5.74, 6) is -1.87. The van der Waals surface area contributed by atoms with E-state index in [0.29, 0.717) is 16.8 Å². The molecule has 1 amide bonds. The van der Waals surface area contributed by atoms with E-state index in [0.717, 1.165) is 0 Å². The molecule has 0 fully saturated rings. The third kappa shape index (κ3) is 4.29. The molecular formula is C18H16N2O6. The van der Waals surface area contributed by atoms with Crippen LogP contribution in [0.25, 0.3) is 0 Å². The number of para-hydroxylation sites is 2. The van der Waals surface area contributed by atoms with Gasteiger partial charge in [0.05, 0.1) is 10.6 Å². The summed E-state index contributed by atoms with van der Waals surface area (Å²) in [6.45, 7) is 2.22. The van der Waals surface area contributed by atoms with E-state index in [9.17, 15) is 24.5 Å². The van der Waals surface area contributed by atoms with Crippen LogP contribution in [0, 0.1) is 17.0 Å². The Labute approximate surface area is 148 Å². The van der Waals surface area contributed by atoms with E-state index >= 15 is 0 Å². The van der Waals surface area contributed by atoms with Crippen LogP contribution < -0.4 is 5.32 Å². The number of esters is 1. The van der Waals surface area contributed by atoms with Crippen LogP contribution in [-0.4, -0.2) is 29.2 Å². The first kappa shape index (κ1) is 18.8. The highest BCUT2D eigenvalue weighted by Gasteiger charge is 2.24. The zero-order valence-corrected chi connectivity index (χ0v) is 14.1. The molecule has 2 rings (SSSR count). The summed E-state index contributed by atoms with van der Waals surface area (Å²) < 4.78 is 4.87. The highest BCUT2D eigenvalue weighted by Crippen LogP contribution is 2.23. The summed E-state index contributed by atoms with van der Waals surface area (Å²) in [6.07, 6.45) is 0. The summed E-state index contributed by atoms with van der Waals surface area (Å²) in [7, 11) is 0. The van der Waals surface area contributed by atoms with E-state index < -0.39 is 23.4 Å². The number of hydrogen-bond acceptors (Lipinski definition) is 6. The molecule has 26 heavy (non-hydrogen) atoms. The van der Waals surface area contributed by atoms with Crippen LogP contribution in [0.5, 0.6) is 0 Å². The van der Waals surface area contributed by atoms with Gasteiger partial charge >= 0.3 is 5.97 Å². The number of nitro groups is 1. The van der Waals surface area contributed by atoms with E-state index in [1.165, 1.54) is 32.0 Å². The number of nitrogens with zero attached hydrogens (tertiary/aromatic N) is 1. The average Bonchev–Trinajstić information content (AvgIpc) is 2.59. The number of nitrogens with one attached hydrogen (secondary N) is 1. The van der Waals surface area contributed by atoms with Gasteiger partial charge < -0.3 is 10.1 Å². The molecule has 8 nitrogen and oxygen atoms in total. The maximum atomic E-state index is 12.1. The maximum Gasteiger partial charge on any atom is 0.345 e. The number of nitro benzene ring substituents is 1. The normalized spacial score (nSPS) is 10.1. The molecule has 0 atom stereocenters. The van der Waals surface area contributed by atoms with Crippen molar-refractivity contribution < 1.29 is 24.0 Å². The number of hydrogen-bond donors (Lipinski definition) is 1. The predicted octanol–water partition coefficient (Wildman–Crippen LogP) is 2.90. The van der Waals surface area contributed by atoms with Crippen molar-refractivity contribution in [3.8, 4) is 0 Å². The van der Waals surface area contributed by atoms with Gasteiger partial charge in [-0.3, -0.25) is 19.7 Å². The Kier molecular flexibility index (Phi) is 5.79. The molecular weight excluding hydrogens is 340 g/mol. The lowest BCUT2D eigenvalue weighted by molar-refractivity contribution is -0.385. The monoisotopic (exact) mass is 356 g/mol. The Bertz CT molecular complexity index is 891. The molecule has 1 N–H and O–H groups in total. The first-order valence-corrected chi connectivity index (χ1v) is 7.62. The van der Waals surface area contributed by atoms with Gasteiger partial charge in [0.2, 0.25) is 0 Å². The zero-order chi connectivity index (χ0) is 19.3. The van der Waals surface area contributed by atoms with Crippen molar-refractivity contribution in [3.63, 3.8) is 0 Å². The van der Waals surface area contributed by atoms with Crippen LogP contribution in [0.2, 0.25) is 0 Å². The molecule has 0 saturated carbocycles. The molecule has 0 heterocycles. The number of Topliss-reactive ketones (excluding diaryl/α,β-unsaturated/α-hetero) is 1. The molecule has 0 unspecified atom stereocenters. The lowest BCUT2D eigenvalue weighted by Gasteiger charge is -2.10. The summed E-state index contributed by atoms with van der Waals surface area (Å²) in [6, 6.07) is 10.6. The Morgan fingerprint density at radius 2 is 1.73 bits per heavy atom. The molecule has 134 valence electrons. The fraction of sp³-hybridized carbons (Fsp3) is 0.167. The van der Waals surface area contributed by atoms with Gasteiger partial charge in [0.1, 0.15) is 5.56 Å². The van der Waals surface area contributed by atoms with Crippen LogP contribution in [0.3, 0.4) is 0 Å². The second kappa shape index (κ2) is 8.02. The number of rotatable bonds is 6.